The van der Waals surface area contributed by atoms with Crippen LogP contribution < -0.4 is 5.43 Å². The third-order valence-electron chi connectivity index (χ3n) is 2.81. The van der Waals surface area contributed by atoms with Crippen molar-refractivity contribution in [2.24, 2.45) is 5.10 Å². The number of hydrogen-bond donors (Lipinski definition) is 1. The van der Waals surface area contributed by atoms with E-state index in [0.717, 1.165) is 25.7 Å². The Morgan fingerprint density at radius 3 is 2.81 bits per heavy atom. The highest BCUT2D eigenvalue weighted by molar-refractivity contribution is 9.10. The van der Waals surface area contributed by atoms with E-state index >= 15 is 0 Å². The Labute approximate surface area is 134 Å². The third-order valence-corrected chi connectivity index (χ3v) is 4.21. The first-order valence-electron chi connectivity index (χ1n) is 6.28. The lowest BCUT2D eigenvalue weighted by Crippen LogP contribution is -1.89. The van der Waals surface area contributed by atoms with Crippen molar-refractivity contribution in [1.29, 1.82) is 0 Å². The Morgan fingerprint density at radius 2 is 2.10 bits per heavy atom. The Hall–Kier alpha value is -1.92. The number of hydrazone groups is 1. The number of aryl methyl sites for hydroxylation is 1. The smallest absolute Gasteiger partial charge is 0.204 e. The van der Waals surface area contributed by atoms with Gasteiger partial charge in [0.2, 0.25) is 5.13 Å². The molecule has 3 rings (SSSR count). The van der Waals surface area contributed by atoms with E-state index in [0.29, 0.717) is 5.76 Å². The highest BCUT2D eigenvalue weighted by atomic mass is 79.9. The fraction of sp³-hybridized carbons (Fsp3) is 0.0667. The summed E-state index contributed by atoms with van der Waals surface area (Å²) in [5.74, 6) is 0.698. The van der Waals surface area contributed by atoms with Crippen LogP contribution in [0.4, 0.5) is 5.13 Å². The molecule has 2 heterocycles. The molecule has 1 aromatic carbocycles. The summed E-state index contributed by atoms with van der Waals surface area (Å²) < 4.78 is 6.23. The maximum absolute atomic E-state index is 5.17. The second-order valence-corrected chi connectivity index (χ2v) is 6.43. The highest BCUT2D eigenvalue weighted by Gasteiger charge is 2.09. The average Bonchev–Trinajstić information content (AvgIpc) is 3.10. The van der Waals surface area contributed by atoms with Crippen molar-refractivity contribution in [3.8, 4) is 11.3 Å². The van der Waals surface area contributed by atoms with Crippen molar-refractivity contribution in [1.82, 2.24) is 4.98 Å². The van der Waals surface area contributed by atoms with Crippen LogP contribution in [0.3, 0.4) is 0 Å². The first-order valence-corrected chi connectivity index (χ1v) is 7.89. The number of hydrogen-bond acceptors (Lipinski definition) is 5. The molecule has 0 unspecified atom stereocenters. The molecule has 0 aliphatic carbocycles. The number of nitrogens with zero attached hydrogens (tertiary/aromatic N) is 2. The third kappa shape index (κ3) is 3.40. The van der Waals surface area contributed by atoms with Gasteiger partial charge < -0.3 is 4.42 Å². The zero-order valence-corrected chi connectivity index (χ0v) is 13.6. The van der Waals surface area contributed by atoms with E-state index in [4.69, 9.17) is 4.42 Å². The number of rotatable bonds is 4. The summed E-state index contributed by atoms with van der Waals surface area (Å²) in [6.45, 7) is 2.05. The van der Waals surface area contributed by atoms with Gasteiger partial charge in [0.1, 0.15) is 5.76 Å². The summed E-state index contributed by atoms with van der Waals surface area (Å²) in [5.41, 5.74) is 5.00. The van der Waals surface area contributed by atoms with Gasteiger partial charge in [-0.2, -0.15) is 5.10 Å². The van der Waals surface area contributed by atoms with Crippen LogP contribution in [0.5, 0.6) is 0 Å². The second-order valence-electron chi connectivity index (χ2n) is 4.32. The summed E-state index contributed by atoms with van der Waals surface area (Å²) in [4.78, 5) is 5.72. The minimum Gasteiger partial charge on any atom is -0.463 e. The van der Waals surface area contributed by atoms with E-state index in [-0.39, 0.29) is 0 Å². The molecule has 3 aromatic rings. The average molecular weight is 362 g/mol. The van der Waals surface area contributed by atoms with E-state index in [1.807, 2.05) is 36.4 Å². The van der Waals surface area contributed by atoms with E-state index < -0.39 is 0 Å². The normalized spacial score (nSPS) is 11.1. The molecule has 2 aromatic heterocycles. The number of nitrogens with one attached hydrogen (secondary N) is 1. The molecule has 6 heteroatoms. The van der Waals surface area contributed by atoms with E-state index in [1.165, 1.54) is 0 Å². The first kappa shape index (κ1) is 14.0. The molecular formula is C15H12BrN3OS. The minimum atomic E-state index is 0.698. The number of anilines is 1. The SMILES string of the molecule is Cc1sc(N/N=C/c2ccco2)nc1-c1ccc(Br)cc1. The van der Waals surface area contributed by atoms with Crippen LogP contribution in [0.2, 0.25) is 0 Å². The Kier molecular flexibility index (Phi) is 4.17. The van der Waals surface area contributed by atoms with Crippen LogP contribution >= 0.6 is 27.3 Å². The molecule has 106 valence electrons. The van der Waals surface area contributed by atoms with Gasteiger partial charge in [-0.3, -0.25) is 5.43 Å². The van der Waals surface area contributed by atoms with Gasteiger partial charge in [0.25, 0.3) is 0 Å². The van der Waals surface area contributed by atoms with E-state index in [9.17, 15) is 0 Å². The molecule has 0 bridgehead atoms. The Bertz CT molecular complexity index is 748. The van der Waals surface area contributed by atoms with Gasteiger partial charge in [-0.25, -0.2) is 4.98 Å². The largest absolute Gasteiger partial charge is 0.463 e. The molecule has 1 N–H and O–H groups in total. The predicted molar refractivity (Wildman–Crippen MR) is 89.9 cm³/mol. The first-order chi connectivity index (χ1) is 10.2. The van der Waals surface area contributed by atoms with Gasteiger partial charge >= 0.3 is 0 Å². The number of thiazole rings is 1. The van der Waals surface area contributed by atoms with Crippen LogP contribution in [-0.2, 0) is 0 Å². The lowest BCUT2D eigenvalue weighted by atomic mass is 10.1. The maximum atomic E-state index is 5.17. The van der Waals surface area contributed by atoms with Crippen LogP contribution in [0.15, 0.2) is 56.7 Å². The molecule has 0 aliphatic rings. The van der Waals surface area contributed by atoms with Crippen LogP contribution in [0.25, 0.3) is 11.3 Å². The van der Waals surface area contributed by atoms with Crippen molar-refractivity contribution in [2.75, 3.05) is 5.43 Å². The monoisotopic (exact) mass is 361 g/mol. The fourth-order valence-electron chi connectivity index (χ4n) is 1.84. The quantitative estimate of drug-likeness (QED) is 0.529. The predicted octanol–water partition coefficient (Wildman–Crippen LogP) is 4.92. The van der Waals surface area contributed by atoms with E-state index in [1.54, 1.807) is 23.8 Å². The molecular weight excluding hydrogens is 350 g/mol. The molecule has 0 aliphatic heterocycles. The highest BCUT2D eigenvalue weighted by Crippen LogP contribution is 2.30. The Balaban J connectivity index is 1.76. The van der Waals surface area contributed by atoms with Crippen molar-refractivity contribution >= 4 is 38.6 Å². The van der Waals surface area contributed by atoms with Gasteiger partial charge in [0, 0.05) is 14.9 Å². The van der Waals surface area contributed by atoms with Gasteiger partial charge in [-0.05, 0) is 31.2 Å². The van der Waals surface area contributed by atoms with Crippen molar-refractivity contribution in [3.05, 3.63) is 57.8 Å². The topological polar surface area (TPSA) is 50.4 Å². The van der Waals surface area contributed by atoms with Gasteiger partial charge in [0.05, 0.1) is 18.2 Å². The molecule has 0 saturated heterocycles. The van der Waals surface area contributed by atoms with Crippen molar-refractivity contribution < 1.29 is 4.42 Å². The lowest BCUT2D eigenvalue weighted by molar-refractivity contribution is 0.560. The summed E-state index contributed by atoms with van der Waals surface area (Å²) >= 11 is 5.01. The van der Waals surface area contributed by atoms with Gasteiger partial charge in [0.15, 0.2) is 0 Å². The minimum absolute atomic E-state index is 0.698. The molecule has 0 saturated carbocycles. The number of aromatic nitrogens is 1. The zero-order chi connectivity index (χ0) is 14.7. The molecule has 21 heavy (non-hydrogen) atoms. The van der Waals surface area contributed by atoms with Gasteiger partial charge in [-0.1, -0.05) is 28.1 Å². The number of furan rings is 1. The fourth-order valence-corrected chi connectivity index (χ4v) is 2.89. The second kappa shape index (κ2) is 6.24. The summed E-state index contributed by atoms with van der Waals surface area (Å²) in [6, 6.07) is 11.8. The molecule has 0 atom stereocenters. The molecule has 0 fully saturated rings. The lowest BCUT2D eigenvalue weighted by Gasteiger charge is -1.98. The number of halogens is 1. The standard InChI is InChI=1S/C15H12BrN3OS/c1-10-14(11-4-6-12(16)7-5-11)18-15(21-10)19-17-9-13-3-2-8-20-13/h2-9H,1H3,(H,18,19)/b17-9+. The molecule has 4 nitrogen and oxygen atoms in total. The van der Waals surface area contributed by atoms with Crippen LogP contribution in [0, 0.1) is 6.92 Å². The van der Waals surface area contributed by atoms with Crippen LogP contribution in [-0.4, -0.2) is 11.2 Å². The summed E-state index contributed by atoms with van der Waals surface area (Å²) in [6.07, 6.45) is 3.23. The van der Waals surface area contributed by atoms with Crippen molar-refractivity contribution in [3.63, 3.8) is 0 Å². The molecule has 0 amide bonds. The number of benzene rings is 1. The Morgan fingerprint density at radius 1 is 1.29 bits per heavy atom. The zero-order valence-electron chi connectivity index (χ0n) is 11.2. The summed E-state index contributed by atoms with van der Waals surface area (Å²) in [5, 5.41) is 4.88. The van der Waals surface area contributed by atoms with Crippen molar-refractivity contribution in [2.45, 2.75) is 6.92 Å². The van der Waals surface area contributed by atoms with Gasteiger partial charge in [-0.15, -0.1) is 11.3 Å². The molecule has 0 spiro atoms. The summed E-state index contributed by atoms with van der Waals surface area (Å²) in [7, 11) is 0. The van der Waals surface area contributed by atoms with Crippen LogP contribution in [0.1, 0.15) is 10.6 Å². The molecule has 0 radical (unpaired) electrons. The maximum Gasteiger partial charge on any atom is 0.204 e. The van der Waals surface area contributed by atoms with E-state index in [2.05, 4.69) is 38.4 Å².